The van der Waals surface area contributed by atoms with Gasteiger partial charge >= 0.3 is 0 Å². The van der Waals surface area contributed by atoms with Crippen LogP contribution < -0.4 is 5.32 Å². The van der Waals surface area contributed by atoms with Crippen LogP contribution in [0.25, 0.3) is 0 Å². The van der Waals surface area contributed by atoms with Crippen LogP contribution in [0.2, 0.25) is 0 Å². The Kier molecular flexibility index (Phi) is 4.12. The molecule has 0 spiro atoms. The molecule has 0 saturated heterocycles. The molecule has 0 radical (unpaired) electrons. The molecule has 1 nitrogen and oxygen atoms in total. The third-order valence-electron chi connectivity index (χ3n) is 3.74. The van der Waals surface area contributed by atoms with Crippen LogP contribution in [-0.2, 0) is 0 Å². The number of benzene rings is 2. The van der Waals surface area contributed by atoms with E-state index in [-0.39, 0.29) is 11.9 Å². The molecule has 0 aliphatic rings. The Labute approximate surface area is 120 Å². The van der Waals surface area contributed by atoms with Crippen molar-refractivity contribution in [3.05, 3.63) is 64.0 Å². The van der Waals surface area contributed by atoms with Gasteiger partial charge in [-0.05, 0) is 69.0 Å². The van der Waals surface area contributed by atoms with E-state index in [1.54, 1.807) is 12.1 Å². The fraction of sp³-hybridized carbons (Fsp3) is 0.333. The third kappa shape index (κ3) is 3.01. The Morgan fingerprint density at radius 2 is 1.50 bits per heavy atom. The first-order valence-corrected chi connectivity index (χ1v) is 6.99. The Morgan fingerprint density at radius 3 is 2.10 bits per heavy atom. The lowest BCUT2D eigenvalue weighted by Gasteiger charge is -2.22. The second-order valence-electron chi connectivity index (χ2n) is 5.64. The second kappa shape index (κ2) is 5.66. The van der Waals surface area contributed by atoms with E-state index < -0.39 is 0 Å². The number of nitrogens with one attached hydrogen (secondary N) is 1. The van der Waals surface area contributed by atoms with Crippen molar-refractivity contribution in [3.63, 3.8) is 0 Å². The third-order valence-corrected chi connectivity index (χ3v) is 3.74. The molecular weight excluding hydrogens is 249 g/mol. The van der Waals surface area contributed by atoms with Crippen LogP contribution in [-0.4, -0.2) is 0 Å². The summed E-state index contributed by atoms with van der Waals surface area (Å²) in [6.45, 7) is 10.5. The molecule has 1 unspecified atom stereocenters. The molecule has 106 valence electrons. The van der Waals surface area contributed by atoms with Gasteiger partial charge in [0.2, 0.25) is 0 Å². The SMILES string of the molecule is Cc1cc(C)c(C(C)Nc2cc(F)ccc2C)c(C)c1. The van der Waals surface area contributed by atoms with Gasteiger partial charge in [-0.2, -0.15) is 0 Å². The zero-order valence-corrected chi connectivity index (χ0v) is 12.8. The minimum atomic E-state index is -0.206. The van der Waals surface area contributed by atoms with Crippen molar-refractivity contribution in [2.45, 2.75) is 40.7 Å². The van der Waals surface area contributed by atoms with Crippen molar-refractivity contribution in [2.24, 2.45) is 0 Å². The van der Waals surface area contributed by atoms with E-state index >= 15 is 0 Å². The first-order chi connectivity index (χ1) is 9.38. The summed E-state index contributed by atoms with van der Waals surface area (Å²) in [4.78, 5) is 0. The number of rotatable bonds is 3. The number of hydrogen-bond acceptors (Lipinski definition) is 1. The molecule has 0 bridgehead atoms. The predicted octanol–water partition coefficient (Wildman–Crippen LogP) is 5.23. The molecule has 0 aliphatic carbocycles. The van der Waals surface area contributed by atoms with Crippen molar-refractivity contribution < 1.29 is 4.39 Å². The molecule has 0 aromatic heterocycles. The van der Waals surface area contributed by atoms with Gasteiger partial charge in [0, 0.05) is 11.7 Å². The smallest absolute Gasteiger partial charge is 0.125 e. The van der Waals surface area contributed by atoms with Gasteiger partial charge in [-0.15, -0.1) is 0 Å². The van der Waals surface area contributed by atoms with Crippen molar-refractivity contribution >= 4 is 5.69 Å². The molecule has 2 rings (SSSR count). The first kappa shape index (κ1) is 14.6. The largest absolute Gasteiger partial charge is 0.378 e. The summed E-state index contributed by atoms with van der Waals surface area (Å²) in [7, 11) is 0. The number of hydrogen-bond donors (Lipinski definition) is 1. The van der Waals surface area contributed by atoms with Crippen LogP contribution in [0.5, 0.6) is 0 Å². The van der Waals surface area contributed by atoms with Crippen LogP contribution in [0.1, 0.15) is 40.8 Å². The van der Waals surface area contributed by atoms with Gasteiger partial charge in [0.1, 0.15) is 5.82 Å². The van der Waals surface area contributed by atoms with Gasteiger partial charge in [-0.25, -0.2) is 4.39 Å². The maximum absolute atomic E-state index is 13.4. The minimum Gasteiger partial charge on any atom is -0.378 e. The maximum atomic E-state index is 13.4. The van der Waals surface area contributed by atoms with Crippen molar-refractivity contribution in [2.75, 3.05) is 5.32 Å². The zero-order valence-electron chi connectivity index (χ0n) is 12.8. The molecule has 20 heavy (non-hydrogen) atoms. The number of anilines is 1. The summed E-state index contributed by atoms with van der Waals surface area (Å²) < 4.78 is 13.4. The van der Waals surface area contributed by atoms with Gasteiger partial charge in [-0.1, -0.05) is 23.8 Å². The van der Waals surface area contributed by atoms with Crippen LogP contribution in [0.15, 0.2) is 30.3 Å². The summed E-state index contributed by atoms with van der Waals surface area (Å²) in [6.07, 6.45) is 0. The molecule has 0 amide bonds. The topological polar surface area (TPSA) is 12.0 Å². The summed E-state index contributed by atoms with van der Waals surface area (Å²) in [5, 5.41) is 3.43. The normalized spacial score (nSPS) is 12.3. The van der Waals surface area contributed by atoms with E-state index in [9.17, 15) is 4.39 Å². The maximum Gasteiger partial charge on any atom is 0.125 e. The molecule has 1 atom stereocenters. The monoisotopic (exact) mass is 271 g/mol. The Morgan fingerprint density at radius 1 is 0.900 bits per heavy atom. The molecule has 1 N–H and O–H groups in total. The highest BCUT2D eigenvalue weighted by Crippen LogP contribution is 2.28. The Bertz CT molecular complexity index is 608. The van der Waals surface area contributed by atoms with Crippen molar-refractivity contribution in [1.82, 2.24) is 0 Å². The predicted molar refractivity (Wildman–Crippen MR) is 83.8 cm³/mol. The van der Waals surface area contributed by atoms with Crippen LogP contribution in [0.3, 0.4) is 0 Å². The first-order valence-electron chi connectivity index (χ1n) is 6.99. The number of aryl methyl sites for hydroxylation is 4. The summed E-state index contributed by atoms with van der Waals surface area (Å²) >= 11 is 0. The lowest BCUT2D eigenvalue weighted by Crippen LogP contribution is -2.11. The highest BCUT2D eigenvalue weighted by atomic mass is 19.1. The van der Waals surface area contributed by atoms with Gasteiger partial charge in [-0.3, -0.25) is 0 Å². The lowest BCUT2D eigenvalue weighted by molar-refractivity contribution is 0.627. The van der Waals surface area contributed by atoms with Crippen molar-refractivity contribution in [1.29, 1.82) is 0 Å². The van der Waals surface area contributed by atoms with E-state index in [1.165, 1.54) is 28.3 Å². The molecule has 2 aromatic rings. The minimum absolute atomic E-state index is 0.149. The fourth-order valence-corrected chi connectivity index (χ4v) is 2.93. The molecule has 0 heterocycles. The second-order valence-corrected chi connectivity index (χ2v) is 5.64. The van der Waals surface area contributed by atoms with Gasteiger partial charge in [0.05, 0.1) is 0 Å². The van der Waals surface area contributed by atoms with Gasteiger partial charge < -0.3 is 5.32 Å². The van der Waals surface area contributed by atoms with E-state index in [0.717, 1.165) is 11.3 Å². The van der Waals surface area contributed by atoms with E-state index in [2.05, 4.69) is 45.1 Å². The fourth-order valence-electron chi connectivity index (χ4n) is 2.93. The quantitative estimate of drug-likeness (QED) is 0.805. The van der Waals surface area contributed by atoms with Gasteiger partial charge in [0.15, 0.2) is 0 Å². The number of halogens is 1. The molecule has 2 aromatic carbocycles. The molecule has 2 heteroatoms. The van der Waals surface area contributed by atoms with E-state index in [4.69, 9.17) is 0 Å². The van der Waals surface area contributed by atoms with Crippen LogP contribution in [0.4, 0.5) is 10.1 Å². The van der Waals surface area contributed by atoms with Crippen LogP contribution in [0, 0.1) is 33.5 Å². The lowest BCUT2D eigenvalue weighted by atomic mass is 9.94. The van der Waals surface area contributed by atoms with Gasteiger partial charge in [0.25, 0.3) is 0 Å². The molecule has 0 saturated carbocycles. The summed E-state index contributed by atoms with van der Waals surface area (Å²) in [6, 6.07) is 9.39. The van der Waals surface area contributed by atoms with Crippen molar-refractivity contribution in [3.8, 4) is 0 Å². The standard InChI is InChI=1S/C18H22FN/c1-11-8-13(3)18(14(4)9-11)15(5)20-17-10-16(19)7-6-12(17)2/h6-10,15,20H,1-5H3. The summed E-state index contributed by atoms with van der Waals surface area (Å²) in [5.74, 6) is -0.206. The van der Waals surface area contributed by atoms with E-state index in [1.807, 2.05) is 6.92 Å². The highest BCUT2D eigenvalue weighted by molar-refractivity contribution is 5.53. The Hall–Kier alpha value is -1.83. The Balaban J connectivity index is 2.33. The average Bonchev–Trinajstić information content (AvgIpc) is 2.32. The zero-order chi connectivity index (χ0) is 14.9. The summed E-state index contributed by atoms with van der Waals surface area (Å²) in [5.41, 5.74) is 7.03. The molecule has 0 fully saturated rings. The van der Waals surface area contributed by atoms with Crippen LogP contribution >= 0.6 is 0 Å². The van der Waals surface area contributed by atoms with E-state index in [0.29, 0.717) is 0 Å². The highest BCUT2D eigenvalue weighted by Gasteiger charge is 2.13. The molecule has 0 aliphatic heterocycles. The average molecular weight is 271 g/mol. The molecular formula is C18H22FN.